The maximum Gasteiger partial charge on any atom is 0.216 e. The van der Waals surface area contributed by atoms with Gasteiger partial charge >= 0.3 is 0 Å². The molecule has 0 bridgehead atoms. The Morgan fingerprint density at radius 2 is 1.62 bits per heavy atom. The van der Waals surface area contributed by atoms with Gasteiger partial charge in [0.25, 0.3) is 0 Å². The highest BCUT2D eigenvalue weighted by atomic mass is 32.2. The lowest BCUT2D eigenvalue weighted by molar-refractivity contribution is 0.566. The third kappa shape index (κ3) is 4.41. The van der Waals surface area contributed by atoms with Gasteiger partial charge in [-0.3, -0.25) is 0 Å². The molecule has 2 rings (SSSR count). The normalized spacial score (nSPS) is 13.1. The third-order valence-corrected chi connectivity index (χ3v) is 4.94. The minimum Gasteiger partial charge on any atom is -0.212 e. The van der Waals surface area contributed by atoms with Gasteiger partial charge in [-0.15, -0.1) is 0 Å². The molecule has 0 aliphatic heterocycles. The molecule has 0 unspecified atom stereocenters. The number of aryl methyl sites for hydroxylation is 2. The zero-order valence-electron chi connectivity index (χ0n) is 12.6. The summed E-state index contributed by atoms with van der Waals surface area (Å²) in [6.45, 7) is 5.80. The van der Waals surface area contributed by atoms with E-state index in [1.807, 2.05) is 69.3 Å². The lowest BCUT2D eigenvalue weighted by Gasteiger charge is -2.15. The Morgan fingerprint density at radius 3 is 2.24 bits per heavy atom. The topological polar surface area (TPSA) is 46.2 Å². The van der Waals surface area contributed by atoms with Crippen LogP contribution in [0.5, 0.6) is 0 Å². The van der Waals surface area contributed by atoms with Gasteiger partial charge in [-0.1, -0.05) is 54.1 Å². The van der Waals surface area contributed by atoms with E-state index >= 15 is 0 Å². The third-order valence-electron chi connectivity index (χ3n) is 3.54. The second-order valence-electron chi connectivity index (χ2n) is 5.44. The van der Waals surface area contributed by atoms with Gasteiger partial charge in [0.05, 0.1) is 5.75 Å². The minimum absolute atomic E-state index is 0.00980. The molecule has 4 heteroatoms. The van der Waals surface area contributed by atoms with E-state index in [1.54, 1.807) is 0 Å². The van der Waals surface area contributed by atoms with Gasteiger partial charge in [0.2, 0.25) is 10.0 Å². The van der Waals surface area contributed by atoms with Gasteiger partial charge in [0.1, 0.15) is 0 Å². The largest absolute Gasteiger partial charge is 0.216 e. The molecule has 0 saturated carbocycles. The summed E-state index contributed by atoms with van der Waals surface area (Å²) in [5.74, 6) is 0.00980. The summed E-state index contributed by atoms with van der Waals surface area (Å²) in [6.07, 6.45) is 0. The first-order valence-electron chi connectivity index (χ1n) is 6.98. The van der Waals surface area contributed by atoms with Crippen LogP contribution in [-0.2, 0) is 15.8 Å². The monoisotopic (exact) mass is 303 g/mol. The molecule has 2 aromatic rings. The number of nitrogens with one attached hydrogen (secondary N) is 1. The van der Waals surface area contributed by atoms with Crippen molar-refractivity contribution in [1.29, 1.82) is 0 Å². The van der Waals surface area contributed by atoms with E-state index in [2.05, 4.69) is 4.72 Å². The molecule has 0 spiro atoms. The molecule has 0 radical (unpaired) electrons. The maximum atomic E-state index is 12.3. The second-order valence-corrected chi connectivity index (χ2v) is 7.19. The van der Waals surface area contributed by atoms with E-state index in [1.165, 1.54) is 0 Å². The van der Waals surface area contributed by atoms with Crippen molar-refractivity contribution in [3.63, 3.8) is 0 Å². The van der Waals surface area contributed by atoms with Crippen LogP contribution in [0, 0.1) is 13.8 Å². The average molecular weight is 303 g/mol. The predicted octanol–water partition coefficient (Wildman–Crippen LogP) is 3.48. The Hall–Kier alpha value is -1.65. The zero-order chi connectivity index (χ0) is 15.5. The van der Waals surface area contributed by atoms with E-state index in [0.29, 0.717) is 0 Å². The van der Waals surface area contributed by atoms with Crippen molar-refractivity contribution in [3.8, 4) is 0 Å². The summed E-state index contributed by atoms with van der Waals surface area (Å²) in [7, 11) is -3.36. The van der Waals surface area contributed by atoms with Crippen molar-refractivity contribution in [2.24, 2.45) is 0 Å². The van der Waals surface area contributed by atoms with Crippen molar-refractivity contribution in [2.75, 3.05) is 0 Å². The van der Waals surface area contributed by atoms with Crippen LogP contribution >= 0.6 is 0 Å². The standard InChI is InChI=1S/C17H21NO2S/c1-13-8-10-16(11-9-13)15(3)18-21(19,20)12-17-7-5-4-6-14(17)2/h4-11,15,18H,12H2,1-3H3/t15-/m0/s1. The van der Waals surface area contributed by atoms with E-state index in [-0.39, 0.29) is 11.8 Å². The van der Waals surface area contributed by atoms with Crippen LogP contribution in [0.15, 0.2) is 48.5 Å². The molecule has 2 aromatic carbocycles. The van der Waals surface area contributed by atoms with Crippen molar-refractivity contribution < 1.29 is 8.42 Å². The van der Waals surface area contributed by atoms with Gasteiger partial charge in [0.15, 0.2) is 0 Å². The number of hydrogen-bond donors (Lipinski definition) is 1. The van der Waals surface area contributed by atoms with Gasteiger partial charge in [0, 0.05) is 6.04 Å². The molecule has 21 heavy (non-hydrogen) atoms. The van der Waals surface area contributed by atoms with Gasteiger partial charge < -0.3 is 0 Å². The fourth-order valence-electron chi connectivity index (χ4n) is 2.21. The van der Waals surface area contributed by atoms with Crippen LogP contribution < -0.4 is 4.72 Å². The molecular weight excluding hydrogens is 282 g/mol. The Morgan fingerprint density at radius 1 is 1.00 bits per heavy atom. The van der Waals surface area contributed by atoms with Crippen LogP contribution in [-0.4, -0.2) is 8.42 Å². The molecule has 3 nitrogen and oxygen atoms in total. The zero-order valence-corrected chi connectivity index (χ0v) is 13.4. The molecule has 0 heterocycles. The number of rotatable bonds is 5. The molecular formula is C17H21NO2S. The van der Waals surface area contributed by atoms with Crippen molar-refractivity contribution in [3.05, 3.63) is 70.8 Å². The van der Waals surface area contributed by atoms with Crippen molar-refractivity contribution in [1.82, 2.24) is 4.72 Å². The summed E-state index contributed by atoms with van der Waals surface area (Å²) >= 11 is 0. The fraction of sp³-hybridized carbons (Fsp3) is 0.294. The number of sulfonamides is 1. The Labute approximate surface area is 127 Å². The summed E-state index contributed by atoms with van der Waals surface area (Å²) in [6, 6.07) is 15.2. The smallest absolute Gasteiger partial charge is 0.212 e. The quantitative estimate of drug-likeness (QED) is 0.919. The Balaban J connectivity index is 2.10. The minimum atomic E-state index is -3.36. The van der Waals surface area contributed by atoms with Crippen molar-refractivity contribution >= 4 is 10.0 Å². The first-order chi connectivity index (χ1) is 9.87. The highest BCUT2D eigenvalue weighted by Crippen LogP contribution is 2.16. The average Bonchev–Trinajstić information content (AvgIpc) is 2.41. The van der Waals surface area contributed by atoms with Crippen LogP contribution in [0.2, 0.25) is 0 Å². The molecule has 0 aliphatic rings. The first kappa shape index (κ1) is 15.7. The van der Waals surface area contributed by atoms with Gasteiger partial charge in [-0.05, 0) is 37.5 Å². The maximum absolute atomic E-state index is 12.3. The first-order valence-corrected chi connectivity index (χ1v) is 8.64. The lowest BCUT2D eigenvalue weighted by atomic mass is 10.1. The summed E-state index contributed by atoms with van der Waals surface area (Å²) < 4.78 is 27.3. The Bertz CT molecular complexity index is 706. The van der Waals surface area contributed by atoms with E-state index in [4.69, 9.17) is 0 Å². The molecule has 112 valence electrons. The summed E-state index contributed by atoms with van der Waals surface area (Å²) in [5.41, 5.74) is 3.95. The highest BCUT2D eigenvalue weighted by molar-refractivity contribution is 7.88. The summed E-state index contributed by atoms with van der Waals surface area (Å²) in [4.78, 5) is 0. The highest BCUT2D eigenvalue weighted by Gasteiger charge is 2.17. The molecule has 0 amide bonds. The van der Waals surface area contributed by atoms with Gasteiger partial charge in [-0.25, -0.2) is 13.1 Å². The second kappa shape index (κ2) is 6.41. The molecule has 0 saturated heterocycles. The van der Waals surface area contributed by atoms with Crippen LogP contribution in [0.25, 0.3) is 0 Å². The van der Waals surface area contributed by atoms with Crippen LogP contribution in [0.4, 0.5) is 0 Å². The SMILES string of the molecule is Cc1ccc([C@H](C)NS(=O)(=O)Cc2ccccc2C)cc1. The van der Waals surface area contributed by atoms with Crippen LogP contribution in [0.1, 0.15) is 35.2 Å². The molecule has 1 N–H and O–H groups in total. The van der Waals surface area contributed by atoms with E-state index < -0.39 is 10.0 Å². The Kier molecular flexibility index (Phi) is 4.80. The summed E-state index contributed by atoms with van der Waals surface area (Å²) in [5, 5.41) is 0. The molecule has 0 aromatic heterocycles. The predicted molar refractivity (Wildman–Crippen MR) is 86.5 cm³/mol. The molecule has 0 aliphatic carbocycles. The van der Waals surface area contributed by atoms with Gasteiger partial charge in [-0.2, -0.15) is 0 Å². The van der Waals surface area contributed by atoms with Crippen molar-refractivity contribution in [2.45, 2.75) is 32.6 Å². The van der Waals surface area contributed by atoms with E-state index in [0.717, 1.165) is 22.3 Å². The fourth-order valence-corrected chi connectivity index (χ4v) is 3.70. The number of benzene rings is 2. The number of hydrogen-bond acceptors (Lipinski definition) is 2. The lowest BCUT2D eigenvalue weighted by Crippen LogP contribution is -2.28. The molecule has 0 fully saturated rings. The van der Waals surface area contributed by atoms with Crippen LogP contribution in [0.3, 0.4) is 0 Å². The molecule has 1 atom stereocenters. The van der Waals surface area contributed by atoms with E-state index in [9.17, 15) is 8.42 Å².